The number of hydrogen-bond donors (Lipinski definition) is 1. The van der Waals surface area contributed by atoms with Crippen LogP contribution in [0.4, 0.5) is 0 Å². The third-order valence-electron chi connectivity index (χ3n) is 3.57. The van der Waals surface area contributed by atoms with Crippen LogP contribution in [0.2, 0.25) is 0 Å². The molecule has 4 heteroatoms. The molecule has 2 nitrogen and oxygen atoms in total. The molecule has 0 saturated carbocycles. The van der Waals surface area contributed by atoms with E-state index in [9.17, 15) is 5.11 Å². The van der Waals surface area contributed by atoms with Gasteiger partial charge in [-0.3, -0.25) is 0 Å². The molecule has 0 radical (unpaired) electrons. The maximum absolute atomic E-state index is 11.1. The number of hydrogen-bond acceptors (Lipinski definition) is 4. The number of rotatable bonds is 1. The van der Waals surface area contributed by atoms with Crippen LogP contribution in [-0.2, 0) is 10.5 Å². The third-order valence-corrected chi connectivity index (χ3v) is 7.08. The molecule has 98 valence electrons. The van der Waals surface area contributed by atoms with E-state index in [1.54, 1.807) is 0 Å². The normalized spacial score (nSPS) is 34.9. The summed E-state index contributed by atoms with van der Waals surface area (Å²) < 4.78 is 5.71. The molecule has 2 saturated heterocycles. The molecule has 1 aromatic carbocycles. The molecule has 3 rings (SSSR count). The molecule has 2 aliphatic heterocycles. The van der Waals surface area contributed by atoms with Crippen LogP contribution in [0.5, 0.6) is 0 Å². The third kappa shape index (κ3) is 1.90. The van der Waals surface area contributed by atoms with Gasteiger partial charge in [0.15, 0.2) is 0 Å². The van der Waals surface area contributed by atoms with E-state index in [0.29, 0.717) is 0 Å². The second-order valence-electron chi connectivity index (χ2n) is 4.95. The molecular weight excluding hydrogens is 264 g/mol. The van der Waals surface area contributed by atoms with E-state index in [0.717, 1.165) is 23.5 Å². The second kappa shape index (κ2) is 4.75. The van der Waals surface area contributed by atoms with Gasteiger partial charge in [0.2, 0.25) is 5.79 Å². The highest BCUT2D eigenvalue weighted by Crippen LogP contribution is 2.60. The maximum Gasteiger partial charge on any atom is 0.217 e. The maximum atomic E-state index is 11.1. The SMILES string of the molecule is CC1CC2(SCCCS2)C(O)(c2ccccc2)O1. The van der Waals surface area contributed by atoms with E-state index >= 15 is 0 Å². The molecule has 2 unspecified atom stereocenters. The van der Waals surface area contributed by atoms with E-state index in [1.165, 1.54) is 6.42 Å². The van der Waals surface area contributed by atoms with Crippen LogP contribution in [0.25, 0.3) is 0 Å². The Kier molecular flexibility index (Phi) is 3.39. The van der Waals surface area contributed by atoms with Gasteiger partial charge >= 0.3 is 0 Å². The highest BCUT2D eigenvalue weighted by atomic mass is 32.2. The molecule has 0 amide bonds. The number of ether oxygens (including phenoxy) is 1. The second-order valence-corrected chi connectivity index (χ2v) is 7.99. The summed E-state index contributed by atoms with van der Waals surface area (Å²) in [6.45, 7) is 2.05. The summed E-state index contributed by atoms with van der Waals surface area (Å²) in [7, 11) is 0. The first-order valence-corrected chi connectivity index (χ1v) is 8.37. The van der Waals surface area contributed by atoms with Crippen molar-refractivity contribution >= 4 is 23.5 Å². The van der Waals surface area contributed by atoms with Crippen LogP contribution in [0.3, 0.4) is 0 Å². The minimum atomic E-state index is -1.15. The predicted molar refractivity (Wildman–Crippen MR) is 77.8 cm³/mol. The standard InChI is InChI=1S/C14H18O2S2/c1-11-10-13(17-8-5-9-18-13)14(15,16-11)12-6-3-2-4-7-12/h2-4,6-7,11,15H,5,8-10H2,1H3. The van der Waals surface area contributed by atoms with Crippen LogP contribution in [-0.4, -0.2) is 26.8 Å². The monoisotopic (exact) mass is 282 g/mol. The van der Waals surface area contributed by atoms with Gasteiger partial charge in [0.05, 0.1) is 6.10 Å². The first kappa shape index (κ1) is 12.9. The molecule has 2 aliphatic rings. The summed E-state index contributed by atoms with van der Waals surface area (Å²) in [4.78, 5) is 0. The van der Waals surface area contributed by atoms with Gasteiger partial charge in [-0.15, -0.1) is 23.5 Å². The smallest absolute Gasteiger partial charge is 0.217 e. The van der Waals surface area contributed by atoms with Crippen LogP contribution in [0.1, 0.15) is 25.3 Å². The summed E-state index contributed by atoms with van der Waals surface area (Å²) in [6.07, 6.45) is 2.23. The minimum absolute atomic E-state index is 0.105. The quantitative estimate of drug-likeness (QED) is 0.856. The van der Waals surface area contributed by atoms with Gasteiger partial charge in [0.1, 0.15) is 4.08 Å². The van der Waals surface area contributed by atoms with Crippen molar-refractivity contribution in [3.63, 3.8) is 0 Å². The predicted octanol–water partition coefficient (Wildman–Crippen LogP) is 3.21. The largest absolute Gasteiger partial charge is 0.360 e. The highest BCUT2D eigenvalue weighted by molar-refractivity contribution is 8.18. The van der Waals surface area contributed by atoms with E-state index in [1.807, 2.05) is 53.9 Å². The fourth-order valence-corrected chi connectivity index (χ4v) is 6.46. The molecule has 0 aromatic heterocycles. The van der Waals surface area contributed by atoms with E-state index in [2.05, 4.69) is 6.92 Å². The molecule has 2 fully saturated rings. The topological polar surface area (TPSA) is 29.5 Å². The van der Waals surface area contributed by atoms with E-state index in [4.69, 9.17) is 4.74 Å². The lowest BCUT2D eigenvalue weighted by Crippen LogP contribution is -2.45. The summed E-state index contributed by atoms with van der Waals surface area (Å²) in [5.74, 6) is 1.07. The fourth-order valence-electron chi connectivity index (χ4n) is 2.78. The molecular formula is C14H18O2S2. The number of thioether (sulfide) groups is 2. The number of benzene rings is 1. The van der Waals surface area contributed by atoms with Gasteiger partial charge in [-0.05, 0) is 24.9 Å². The van der Waals surface area contributed by atoms with Crippen molar-refractivity contribution in [2.75, 3.05) is 11.5 Å². The summed E-state index contributed by atoms with van der Waals surface area (Å²) >= 11 is 3.73. The Morgan fingerprint density at radius 2 is 1.89 bits per heavy atom. The zero-order valence-electron chi connectivity index (χ0n) is 10.5. The van der Waals surface area contributed by atoms with Crippen molar-refractivity contribution in [1.82, 2.24) is 0 Å². The van der Waals surface area contributed by atoms with Crippen LogP contribution < -0.4 is 0 Å². The average Bonchev–Trinajstić information content (AvgIpc) is 2.63. The zero-order chi connectivity index (χ0) is 12.6. The van der Waals surface area contributed by atoms with Gasteiger partial charge in [0.25, 0.3) is 0 Å². The Balaban J connectivity index is 2.02. The Morgan fingerprint density at radius 1 is 1.22 bits per heavy atom. The van der Waals surface area contributed by atoms with Crippen LogP contribution in [0.15, 0.2) is 30.3 Å². The van der Waals surface area contributed by atoms with E-state index < -0.39 is 5.79 Å². The molecule has 2 atom stereocenters. The van der Waals surface area contributed by atoms with Crippen molar-refractivity contribution in [3.05, 3.63) is 35.9 Å². The lowest BCUT2D eigenvalue weighted by atomic mass is 10.0. The molecule has 2 heterocycles. The van der Waals surface area contributed by atoms with Gasteiger partial charge in [-0.2, -0.15) is 0 Å². The van der Waals surface area contributed by atoms with Crippen molar-refractivity contribution in [1.29, 1.82) is 0 Å². The molecule has 18 heavy (non-hydrogen) atoms. The Bertz CT molecular complexity index is 417. The molecule has 1 aromatic rings. The lowest BCUT2D eigenvalue weighted by molar-refractivity contribution is -0.198. The average molecular weight is 282 g/mol. The summed E-state index contributed by atoms with van der Waals surface area (Å²) in [5.41, 5.74) is 0.885. The van der Waals surface area contributed by atoms with Gasteiger partial charge < -0.3 is 9.84 Å². The molecule has 0 aliphatic carbocycles. The van der Waals surface area contributed by atoms with Crippen molar-refractivity contribution in [2.45, 2.75) is 35.7 Å². The van der Waals surface area contributed by atoms with Gasteiger partial charge in [-0.1, -0.05) is 30.3 Å². The number of aliphatic hydroxyl groups is 1. The molecule has 1 N–H and O–H groups in total. The lowest BCUT2D eigenvalue weighted by Gasteiger charge is -2.42. The van der Waals surface area contributed by atoms with Gasteiger partial charge in [0, 0.05) is 12.0 Å². The summed E-state index contributed by atoms with van der Waals surface area (Å²) in [5, 5.41) is 11.1. The van der Waals surface area contributed by atoms with Gasteiger partial charge in [-0.25, -0.2) is 0 Å². The van der Waals surface area contributed by atoms with Crippen molar-refractivity contribution in [3.8, 4) is 0 Å². The van der Waals surface area contributed by atoms with Crippen LogP contribution in [0, 0.1) is 0 Å². The summed E-state index contributed by atoms with van der Waals surface area (Å²) in [6, 6.07) is 9.83. The Hall–Kier alpha value is -0.160. The Labute approximate surface area is 116 Å². The molecule has 1 spiro atoms. The Morgan fingerprint density at radius 3 is 2.56 bits per heavy atom. The van der Waals surface area contributed by atoms with E-state index in [-0.39, 0.29) is 10.2 Å². The first-order valence-electron chi connectivity index (χ1n) is 6.40. The molecule has 0 bridgehead atoms. The van der Waals surface area contributed by atoms with Crippen molar-refractivity contribution in [2.24, 2.45) is 0 Å². The highest BCUT2D eigenvalue weighted by Gasteiger charge is 2.60. The fraction of sp³-hybridized carbons (Fsp3) is 0.571. The van der Waals surface area contributed by atoms with Crippen LogP contribution >= 0.6 is 23.5 Å². The van der Waals surface area contributed by atoms with Crippen molar-refractivity contribution < 1.29 is 9.84 Å². The zero-order valence-corrected chi connectivity index (χ0v) is 12.1. The first-order chi connectivity index (χ1) is 8.66. The minimum Gasteiger partial charge on any atom is -0.360 e.